The van der Waals surface area contributed by atoms with Crippen molar-refractivity contribution < 1.29 is 24.2 Å². The first-order chi connectivity index (χ1) is 15.9. The summed E-state index contributed by atoms with van der Waals surface area (Å²) in [5.41, 5.74) is -0.246. The van der Waals surface area contributed by atoms with Crippen molar-refractivity contribution in [2.24, 2.45) is 5.92 Å². The Morgan fingerprint density at radius 1 is 1.15 bits per heavy atom. The third-order valence-electron chi connectivity index (χ3n) is 7.01. The number of hydrogen-bond donors (Lipinski definition) is 2. The summed E-state index contributed by atoms with van der Waals surface area (Å²) < 4.78 is 5.23. The quantitative estimate of drug-likeness (QED) is 0.680. The maximum absolute atomic E-state index is 13.6. The number of nitrogens with one attached hydrogen (secondary N) is 1. The molecule has 0 bridgehead atoms. The fourth-order valence-electron chi connectivity index (χ4n) is 4.91. The summed E-state index contributed by atoms with van der Waals surface area (Å²) in [5.74, 6) is -0.802. The van der Waals surface area contributed by atoms with Crippen molar-refractivity contribution in [1.82, 2.24) is 15.1 Å². The molecule has 33 heavy (non-hydrogen) atoms. The van der Waals surface area contributed by atoms with Gasteiger partial charge in [-0.05, 0) is 56.2 Å². The Bertz CT molecular complexity index is 915. The number of nitrogens with zero attached hydrogens (tertiary/aromatic N) is 2. The van der Waals surface area contributed by atoms with E-state index >= 15 is 0 Å². The Labute approximate surface area is 194 Å². The van der Waals surface area contributed by atoms with Crippen molar-refractivity contribution in [2.75, 3.05) is 20.2 Å². The van der Waals surface area contributed by atoms with Crippen molar-refractivity contribution in [3.8, 4) is 5.75 Å². The van der Waals surface area contributed by atoms with E-state index in [1.807, 2.05) is 41.3 Å². The van der Waals surface area contributed by atoms with Crippen LogP contribution in [-0.2, 0) is 16.1 Å². The first kappa shape index (κ1) is 23.1. The summed E-state index contributed by atoms with van der Waals surface area (Å²) in [4.78, 5) is 42.1. The van der Waals surface area contributed by atoms with Crippen LogP contribution in [0.15, 0.2) is 36.4 Å². The Balaban J connectivity index is 1.55. The molecule has 1 aromatic carbocycles. The van der Waals surface area contributed by atoms with Crippen molar-refractivity contribution in [1.29, 1.82) is 0 Å². The van der Waals surface area contributed by atoms with Gasteiger partial charge in [0.15, 0.2) is 0 Å². The van der Waals surface area contributed by atoms with E-state index < -0.39 is 17.6 Å². The molecule has 1 saturated carbocycles. The van der Waals surface area contributed by atoms with Crippen LogP contribution in [0.1, 0.15) is 50.5 Å². The number of amides is 3. The minimum atomic E-state index is -1.24. The molecule has 0 spiro atoms. The number of rotatable bonds is 4. The molecule has 1 aromatic rings. The molecule has 0 radical (unpaired) electrons. The molecule has 8 heteroatoms. The molecule has 178 valence electrons. The van der Waals surface area contributed by atoms with E-state index in [-0.39, 0.29) is 17.9 Å². The third kappa shape index (κ3) is 4.99. The number of carboxylic acid groups (broad SMARTS) is 1. The van der Waals surface area contributed by atoms with Gasteiger partial charge in [-0.25, -0.2) is 9.59 Å². The number of hydrogen-bond acceptors (Lipinski definition) is 4. The van der Waals surface area contributed by atoms with E-state index in [4.69, 9.17) is 4.74 Å². The minimum absolute atomic E-state index is 0.159. The molecule has 1 saturated heterocycles. The molecular weight excluding hydrogens is 422 g/mol. The topological polar surface area (TPSA) is 99.2 Å². The van der Waals surface area contributed by atoms with E-state index in [1.165, 1.54) is 0 Å². The lowest BCUT2D eigenvalue weighted by molar-refractivity contribution is -0.144. The molecular formula is C25H33N3O5. The maximum Gasteiger partial charge on any atom is 0.330 e. The fourth-order valence-corrected chi connectivity index (χ4v) is 4.91. The first-order valence-electron chi connectivity index (χ1n) is 11.8. The third-order valence-corrected chi connectivity index (χ3v) is 7.01. The van der Waals surface area contributed by atoms with E-state index in [2.05, 4.69) is 5.32 Å². The van der Waals surface area contributed by atoms with Crippen LogP contribution in [0, 0.1) is 5.92 Å². The second-order valence-corrected chi connectivity index (χ2v) is 9.26. The lowest BCUT2D eigenvalue weighted by Gasteiger charge is -2.32. The highest BCUT2D eigenvalue weighted by molar-refractivity contribution is 5.94. The summed E-state index contributed by atoms with van der Waals surface area (Å²) >= 11 is 0. The molecule has 2 aliphatic heterocycles. The van der Waals surface area contributed by atoms with Crippen LogP contribution in [0.2, 0.25) is 0 Å². The van der Waals surface area contributed by atoms with Crippen LogP contribution in [0.4, 0.5) is 4.79 Å². The van der Waals surface area contributed by atoms with E-state index in [1.54, 1.807) is 12.0 Å². The van der Waals surface area contributed by atoms with Gasteiger partial charge < -0.3 is 25.0 Å². The molecule has 2 fully saturated rings. The largest absolute Gasteiger partial charge is 0.497 e. The lowest BCUT2D eigenvalue weighted by atomic mass is 10.1. The van der Waals surface area contributed by atoms with Crippen LogP contribution >= 0.6 is 0 Å². The normalized spacial score (nSPS) is 29.2. The predicted octanol–water partition coefficient (Wildman–Crippen LogP) is 3.17. The molecule has 4 rings (SSSR count). The van der Waals surface area contributed by atoms with Gasteiger partial charge in [0, 0.05) is 25.6 Å². The molecule has 3 amide bonds. The minimum Gasteiger partial charge on any atom is -0.497 e. The van der Waals surface area contributed by atoms with Gasteiger partial charge in [-0.3, -0.25) is 4.79 Å². The summed E-state index contributed by atoms with van der Waals surface area (Å²) in [6.45, 7) is 1.56. The number of carboxylic acids is 1. The fraction of sp³-hybridized carbons (Fsp3) is 0.560. The zero-order chi connectivity index (χ0) is 23.4. The second-order valence-electron chi connectivity index (χ2n) is 9.26. The van der Waals surface area contributed by atoms with E-state index in [0.29, 0.717) is 32.5 Å². The highest BCUT2D eigenvalue weighted by Gasteiger charge is 2.61. The Morgan fingerprint density at radius 2 is 1.94 bits per heavy atom. The van der Waals surface area contributed by atoms with Crippen molar-refractivity contribution in [3.05, 3.63) is 42.0 Å². The first-order valence-corrected chi connectivity index (χ1v) is 11.8. The molecule has 0 aromatic heterocycles. The number of urea groups is 1. The Kier molecular flexibility index (Phi) is 6.91. The lowest BCUT2D eigenvalue weighted by Crippen LogP contribution is -2.55. The molecule has 2 N–H and O–H groups in total. The monoisotopic (exact) mass is 455 g/mol. The number of allylic oxidation sites excluding steroid dienone is 1. The summed E-state index contributed by atoms with van der Waals surface area (Å²) in [5, 5.41) is 12.6. The van der Waals surface area contributed by atoms with Crippen LogP contribution in [0.25, 0.3) is 0 Å². The summed E-state index contributed by atoms with van der Waals surface area (Å²) in [7, 11) is 1.62. The smallest absolute Gasteiger partial charge is 0.330 e. The van der Waals surface area contributed by atoms with Gasteiger partial charge in [-0.2, -0.15) is 0 Å². The predicted molar refractivity (Wildman–Crippen MR) is 123 cm³/mol. The molecule has 1 aliphatic carbocycles. The van der Waals surface area contributed by atoms with Gasteiger partial charge in [-0.1, -0.05) is 30.7 Å². The van der Waals surface area contributed by atoms with Gasteiger partial charge in [0.1, 0.15) is 17.3 Å². The molecule has 0 unspecified atom stereocenters. The zero-order valence-corrected chi connectivity index (χ0v) is 19.2. The van der Waals surface area contributed by atoms with Gasteiger partial charge in [0.05, 0.1) is 7.11 Å². The molecule has 2 heterocycles. The van der Waals surface area contributed by atoms with Crippen LogP contribution in [0.3, 0.4) is 0 Å². The zero-order valence-electron chi connectivity index (χ0n) is 19.2. The number of benzene rings is 1. The number of ether oxygens (including phenoxy) is 1. The van der Waals surface area contributed by atoms with Gasteiger partial charge in [-0.15, -0.1) is 0 Å². The number of aliphatic carboxylic acids is 1. The number of methoxy groups -OCH3 is 1. The highest BCUT2D eigenvalue weighted by Crippen LogP contribution is 2.45. The van der Waals surface area contributed by atoms with Gasteiger partial charge in [0.25, 0.3) is 0 Å². The standard InChI is InChI=1S/C25H33N3O5/c1-33-20-12-10-18(11-13-20)17-27-14-6-4-2-3-5-8-19-16-25(19,23(30)31)26-22(29)21-9-7-15-28(21)24(27)32/h5,8,10-13,19,21H,2-4,6-7,9,14-17H2,1H3,(H,26,29)(H,30,31)/b8-5-/t19-,21+,25-/m1/s1. The number of fused-ring (bicyclic) bond motifs is 2. The maximum atomic E-state index is 13.6. The molecule has 8 nitrogen and oxygen atoms in total. The number of carbonyl (C=O) groups excluding carboxylic acids is 2. The van der Waals surface area contributed by atoms with Crippen molar-refractivity contribution in [3.63, 3.8) is 0 Å². The van der Waals surface area contributed by atoms with Gasteiger partial charge in [0.2, 0.25) is 5.91 Å². The van der Waals surface area contributed by atoms with Gasteiger partial charge >= 0.3 is 12.0 Å². The summed E-state index contributed by atoms with van der Waals surface area (Å²) in [6.07, 6.45) is 9.33. The average Bonchev–Trinajstić information content (AvgIpc) is 3.27. The van der Waals surface area contributed by atoms with E-state index in [9.17, 15) is 19.5 Å². The van der Waals surface area contributed by atoms with Crippen LogP contribution in [0.5, 0.6) is 5.75 Å². The highest BCUT2D eigenvalue weighted by atomic mass is 16.5. The van der Waals surface area contributed by atoms with Crippen molar-refractivity contribution >= 4 is 17.9 Å². The number of carbonyl (C=O) groups is 3. The Hall–Kier alpha value is -3.03. The van der Waals surface area contributed by atoms with Crippen LogP contribution < -0.4 is 10.1 Å². The molecule has 3 aliphatic rings. The molecule has 3 atom stereocenters. The van der Waals surface area contributed by atoms with E-state index in [0.717, 1.165) is 43.4 Å². The average molecular weight is 456 g/mol. The van der Waals surface area contributed by atoms with Crippen LogP contribution in [-0.4, -0.2) is 64.6 Å². The SMILES string of the molecule is COc1ccc(CN2CCCCC/C=C\[C@@H]3C[C@@]3(C(=O)O)NC(=O)[C@@H]3CCCN3C2=O)cc1. The second kappa shape index (κ2) is 9.85. The summed E-state index contributed by atoms with van der Waals surface area (Å²) in [6, 6.07) is 6.86. The van der Waals surface area contributed by atoms with Crippen molar-refractivity contribution in [2.45, 2.75) is 63.1 Å². The Morgan fingerprint density at radius 3 is 2.67 bits per heavy atom.